The van der Waals surface area contributed by atoms with E-state index in [4.69, 9.17) is 9.57 Å². The van der Waals surface area contributed by atoms with Crippen molar-refractivity contribution in [3.05, 3.63) is 87.6 Å². The van der Waals surface area contributed by atoms with E-state index >= 15 is 0 Å². The van der Waals surface area contributed by atoms with Crippen LogP contribution in [0.2, 0.25) is 0 Å². The molecule has 1 aliphatic heterocycles. The quantitative estimate of drug-likeness (QED) is 0.196. The number of hydrogen-bond acceptors (Lipinski definition) is 9. The summed E-state index contributed by atoms with van der Waals surface area (Å²) in [6.45, 7) is 5.31. The molecule has 3 heterocycles. The van der Waals surface area contributed by atoms with Crippen LogP contribution in [0.15, 0.2) is 64.8 Å². The number of hydrogen-bond donors (Lipinski definition) is 1. The lowest BCUT2D eigenvalue weighted by molar-refractivity contribution is -0.145. The molecule has 2 aromatic carbocycles. The normalized spacial score (nSPS) is 21.6. The molecule has 11 heteroatoms. The molecule has 0 bridgehead atoms. The van der Waals surface area contributed by atoms with E-state index in [1.807, 2.05) is 33.3 Å². The van der Waals surface area contributed by atoms with Gasteiger partial charge in [0.15, 0.2) is 5.84 Å². The molecule has 1 N–H and O–H groups in total. The minimum atomic E-state index is -1.09. The van der Waals surface area contributed by atoms with Crippen molar-refractivity contribution >= 4 is 11.6 Å². The molecular weight excluding hydrogens is 618 g/mol. The number of amidine groups is 1. The average molecular weight is 664 g/mol. The number of nitriles is 1. The standard InChI is InChI=1S/C38H45N7O4/c1-3-8-33-32(22-26-11-13-27(14-12-26)30-9-5-6-10-31(30)34-42-49-37(47)43(34)21-4-2)35(46)44(36-40-25-41-45(33)36)28-15-17-29(18-16-28)48-24-38(23-39)19-7-20-38/h5-6,9-14,25,28-29,37,47H,3-4,7-8,15-22,24H2,1-2H3. The second kappa shape index (κ2) is 14.1. The van der Waals surface area contributed by atoms with Crippen molar-refractivity contribution in [1.82, 2.24) is 24.1 Å². The molecule has 2 fully saturated rings. The summed E-state index contributed by atoms with van der Waals surface area (Å²) >= 11 is 0. The van der Waals surface area contributed by atoms with Crippen LogP contribution in [-0.4, -0.2) is 60.7 Å². The third-order valence-corrected chi connectivity index (χ3v) is 10.5. The number of aryl methyl sites for hydroxylation is 1. The maximum atomic E-state index is 14.5. The van der Waals surface area contributed by atoms with Gasteiger partial charge in [-0.1, -0.05) is 80.4 Å². The van der Waals surface area contributed by atoms with E-state index in [0.717, 1.165) is 97.7 Å². The first-order valence-corrected chi connectivity index (χ1v) is 17.8. The van der Waals surface area contributed by atoms with Crippen molar-refractivity contribution < 1.29 is 14.7 Å². The minimum Gasteiger partial charge on any atom is -0.377 e. The van der Waals surface area contributed by atoms with Gasteiger partial charge in [-0.05, 0) is 68.1 Å². The summed E-state index contributed by atoms with van der Waals surface area (Å²) in [6.07, 6.45) is 9.79. The highest BCUT2D eigenvalue weighted by Crippen LogP contribution is 2.41. The fraction of sp³-hybridized carbons (Fsp3) is 0.500. The lowest BCUT2D eigenvalue weighted by atomic mass is 9.70. The molecule has 49 heavy (non-hydrogen) atoms. The molecule has 2 aliphatic carbocycles. The van der Waals surface area contributed by atoms with Crippen LogP contribution in [0.5, 0.6) is 0 Å². The second-order valence-corrected chi connectivity index (χ2v) is 13.8. The van der Waals surface area contributed by atoms with E-state index in [1.165, 1.54) is 0 Å². The van der Waals surface area contributed by atoms with Crippen LogP contribution >= 0.6 is 0 Å². The number of ether oxygens (including phenoxy) is 1. The first kappa shape index (κ1) is 33.0. The zero-order valence-electron chi connectivity index (χ0n) is 28.4. The Bertz CT molecular complexity index is 1910. The van der Waals surface area contributed by atoms with Gasteiger partial charge in [-0.25, -0.2) is 4.52 Å². The van der Waals surface area contributed by atoms with E-state index in [1.54, 1.807) is 11.2 Å². The van der Waals surface area contributed by atoms with Crippen LogP contribution < -0.4 is 5.56 Å². The summed E-state index contributed by atoms with van der Waals surface area (Å²) in [5.74, 6) is 1.22. The van der Waals surface area contributed by atoms with Crippen molar-refractivity contribution in [1.29, 1.82) is 5.26 Å². The molecule has 4 aromatic rings. The van der Waals surface area contributed by atoms with Gasteiger partial charge in [-0.15, -0.1) is 0 Å². The third-order valence-electron chi connectivity index (χ3n) is 10.5. The highest BCUT2D eigenvalue weighted by Gasteiger charge is 2.39. The predicted molar refractivity (Wildman–Crippen MR) is 186 cm³/mol. The maximum absolute atomic E-state index is 14.5. The van der Waals surface area contributed by atoms with Gasteiger partial charge in [0.05, 0.1) is 29.9 Å². The Kier molecular flexibility index (Phi) is 9.52. The average Bonchev–Trinajstić information content (AvgIpc) is 3.74. The SMILES string of the molecule is CCCc1c(Cc2ccc(-c3ccccc3C3=NOC(O)N3CCC)cc2)c(=O)n(C2CCC(OCC3(C#N)CCC3)CC2)c2ncnn12. The number of nitrogens with zero attached hydrogens (tertiary/aromatic N) is 7. The van der Waals surface area contributed by atoms with E-state index in [2.05, 4.69) is 59.4 Å². The van der Waals surface area contributed by atoms with Crippen molar-refractivity contribution in [3.8, 4) is 17.2 Å². The number of aliphatic hydroxyl groups is 1. The van der Waals surface area contributed by atoms with Crippen molar-refractivity contribution in [2.24, 2.45) is 10.6 Å². The molecular formula is C38H45N7O4. The molecule has 0 amide bonds. The highest BCUT2D eigenvalue weighted by atomic mass is 16.7. The van der Waals surface area contributed by atoms with Crippen LogP contribution in [-0.2, 0) is 22.4 Å². The lowest BCUT2D eigenvalue weighted by Crippen LogP contribution is -2.37. The largest absolute Gasteiger partial charge is 0.377 e. The molecule has 1 atom stereocenters. The maximum Gasteiger partial charge on any atom is 0.307 e. The molecule has 256 valence electrons. The number of benzene rings is 2. The smallest absolute Gasteiger partial charge is 0.307 e. The van der Waals surface area contributed by atoms with Crippen LogP contribution in [0.1, 0.15) is 100 Å². The Balaban J connectivity index is 1.14. The van der Waals surface area contributed by atoms with Gasteiger partial charge in [0.25, 0.3) is 5.56 Å². The molecule has 2 aromatic heterocycles. The van der Waals surface area contributed by atoms with Gasteiger partial charge in [0.1, 0.15) is 6.33 Å². The predicted octanol–water partition coefficient (Wildman–Crippen LogP) is 5.98. The van der Waals surface area contributed by atoms with Gasteiger partial charge in [-0.2, -0.15) is 15.3 Å². The van der Waals surface area contributed by atoms with Crippen LogP contribution in [0.4, 0.5) is 0 Å². The summed E-state index contributed by atoms with van der Waals surface area (Å²) < 4.78 is 10.0. The molecule has 2 saturated carbocycles. The topological polar surface area (TPSA) is 130 Å². The molecule has 0 spiro atoms. The summed E-state index contributed by atoms with van der Waals surface area (Å²) in [4.78, 5) is 26.0. The first-order valence-electron chi connectivity index (χ1n) is 17.8. The zero-order valence-corrected chi connectivity index (χ0v) is 28.4. The Hall–Kier alpha value is -4.53. The number of aliphatic hydroxyl groups excluding tert-OH is 1. The summed E-state index contributed by atoms with van der Waals surface area (Å²) in [6, 6.07) is 18.8. The van der Waals surface area contributed by atoms with Crippen LogP contribution in [0.25, 0.3) is 16.9 Å². The number of fused-ring (bicyclic) bond motifs is 1. The van der Waals surface area contributed by atoms with E-state index < -0.39 is 6.41 Å². The van der Waals surface area contributed by atoms with Gasteiger partial charge in [0.2, 0.25) is 5.78 Å². The van der Waals surface area contributed by atoms with Gasteiger partial charge < -0.3 is 14.7 Å². The number of oxime groups is 1. The zero-order chi connectivity index (χ0) is 34.0. The molecule has 1 unspecified atom stereocenters. The van der Waals surface area contributed by atoms with E-state index in [-0.39, 0.29) is 23.1 Å². The van der Waals surface area contributed by atoms with Gasteiger partial charge in [0, 0.05) is 30.1 Å². The fourth-order valence-corrected chi connectivity index (χ4v) is 7.63. The van der Waals surface area contributed by atoms with Gasteiger partial charge in [-0.3, -0.25) is 14.3 Å². The lowest BCUT2D eigenvalue weighted by Gasteiger charge is -2.37. The molecule has 3 aliphatic rings. The summed E-state index contributed by atoms with van der Waals surface area (Å²) in [5, 5.41) is 28.8. The van der Waals surface area contributed by atoms with E-state index in [0.29, 0.717) is 31.2 Å². The molecule has 11 nitrogen and oxygen atoms in total. The highest BCUT2D eigenvalue weighted by molar-refractivity contribution is 6.04. The molecule has 0 saturated heterocycles. The van der Waals surface area contributed by atoms with E-state index in [9.17, 15) is 15.2 Å². The second-order valence-electron chi connectivity index (χ2n) is 13.8. The molecule has 0 radical (unpaired) electrons. The Morgan fingerprint density at radius 2 is 1.80 bits per heavy atom. The number of rotatable bonds is 12. The van der Waals surface area contributed by atoms with Crippen molar-refractivity contribution in [2.45, 2.75) is 103 Å². The monoisotopic (exact) mass is 663 g/mol. The Morgan fingerprint density at radius 3 is 2.47 bits per heavy atom. The summed E-state index contributed by atoms with van der Waals surface area (Å²) in [7, 11) is 0. The Labute approximate surface area is 286 Å². The first-order chi connectivity index (χ1) is 23.9. The van der Waals surface area contributed by atoms with Crippen LogP contribution in [0, 0.1) is 16.7 Å². The third kappa shape index (κ3) is 6.35. The Morgan fingerprint density at radius 1 is 1.04 bits per heavy atom. The fourth-order valence-electron chi connectivity index (χ4n) is 7.63. The van der Waals surface area contributed by atoms with Crippen LogP contribution in [0.3, 0.4) is 0 Å². The minimum absolute atomic E-state index is 0.00857. The molecule has 7 rings (SSSR count). The van der Waals surface area contributed by atoms with Crippen molar-refractivity contribution in [3.63, 3.8) is 0 Å². The van der Waals surface area contributed by atoms with Gasteiger partial charge >= 0.3 is 6.41 Å². The number of aromatic nitrogens is 4. The van der Waals surface area contributed by atoms with Crippen molar-refractivity contribution in [2.75, 3.05) is 13.2 Å². The summed E-state index contributed by atoms with van der Waals surface area (Å²) in [5.41, 5.74) is 5.30.